The van der Waals surface area contributed by atoms with Gasteiger partial charge in [-0.2, -0.15) is 0 Å². The molecular formula is C12H22N2O6. The Morgan fingerprint density at radius 2 is 1.40 bits per heavy atom. The highest BCUT2D eigenvalue weighted by molar-refractivity contribution is 5.81. The SMILES string of the molecule is CC(C)(C)OC(=O)ON(CC(N)=O)C(=O)OC(C)(C)C. The monoisotopic (exact) mass is 290 g/mol. The molecular weight excluding hydrogens is 268 g/mol. The highest BCUT2D eigenvalue weighted by Crippen LogP contribution is 2.12. The van der Waals surface area contributed by atoms with Gasteiger partial charge in [-0.25, -0.2) is 9.59 Å². The molecule has 0 rings (SSSR count). The van der Waals surface area contributed by atoms with Gasteiger partial charge in [0.15, 0.2) is 0 Å². The maximum Gasteiger partial charge on any atom is 0.534 e. The highest BCUT2D eigenvalue weighted by atomic mass is 16.8. The summed E-state index contributed by atoms with van der Waals surface area (Å²) in [4.78, 5) is 38.8. The fourth-order valence-electron chi connectivity index (χ4n) is 0.947. The molecule has 0 heterocycles. The Morgan fingerprint density at radius 1 is 0.950 bits per heavy atom. The average Bonchev–Trinajstić information content (AvgIpc) is 2.09. The molecule has 116 valence electrons. The normalized spacial score (nSPS) is 11.5. The first-order valence-electron chi connectivity index (χ1n) is 6.00. The first-order chi connectivity index (χ1) is 8.80. The molecule has 0 aliphatic heterocycles. The van der Waals surface area contributed by atoms with Crippen LogP contribution in [0.15, 0.2) is 0 Å². The van der Waals surface area contributed by atoms with E-state index in [0.29, 0.717) is 5.06 Å². The van der Waals surface area contributed by atoms with E-state index in [1.807, 2.05) is 0 Å². The van der Waals surface area contributed by atoms with E-state index in [0.717, 1.165) is 0 Å². The molecule has 0 aromatic carbocycles. The lowest BCUT2D eigenvalue weighted by Gasteiger charge is -2.26. The molecule has 0 fully saturated rings. The van der Waals surface area contributed by atoms with E-state index in [9.17, 15) is 14.4 Å². The van der Waals surface area contributed by atoms with Gasteiger partial charge in [0.2, 0.25) is 5.91 Å². The van der Waals surface area contributed by atoms with Crippen LogP contribution in [-0.2, 0) is 19.1 Å². The van der Waals surface area contributed by atoms with Crippen LogP contribution >= 0.6 is 0 Å². The predicted octanol–water partition coefficient (Wildman–Crippen LogP) is 1.58. The Bertz CT molecular complexity index is 380. The van der Waals surface area contributed by atoms with E-state index >= 15 is 0 Å². The number of hydrogen-bond acceptors (Lipinski definition) is 6. The number of amides is 2. The summed E-state index contributed by atoms with van der Waals surface area (Å²) in [6.45, 7) is 9.12. The number of primary amides is 1. The van der Waals surface area contributed by atoms with Gasteiger partial charge in [0.25, 0.3) is 0 Å². The van der Waals surface area contributed by atoms with Gasteiger partial charge in [-0.15, -0.1) is 5.06 Å². The summed E-state index contributed by atoms with van der Waals surface area (Å²) in [6, 6.07) is 0. The van der Waals surface area contributed by atoms with Crippen molar-refractivity contribution in [3.05, 3.63) is 0 Å². The van der Waals surface area contributed by atoms with E-state index < -0.39 is 35.9 Å². The summed E-state index contributed by atoms with van der Waals surface area (Å²) >= 11 is 0. The van der Waals surface area contributed by atoms with Crippen molar-refractivity contribution in [3.63, 3.8) is 0 Å². The third-order valence-electron chi connectivity index (χ3n) is 1.47. The first kappa shape index (κ1) is 18.0. The fraction of sp³-hybridized carbons (Fsp3) is 0.750. The maximum absolute atomic E-state index is 11.8. The highest BCUT2D eigenvalue weighted by Gasteiger charge is 2.29. The van der Waals surface area contributed by atoms with Crippen molar-refractivity contribution in [1.82, 2.24) is 5.06 Å². The zero-order chi connectivity index (χ0) is 16.1. The number of nitrogens with zero attached hydrogens (tertiary/aromatic N) is 1. The van der Waals surface area contributed by atoms with E-state index in [1.165, 1.54) is 0 Å². The molecule has 0 atom stereocenters. The van der Waals surface area contributed by atoms with Crippen molar-refractivity contribution in [2.45, 2.75) is 52.7 Å². The molecule has 2 amide bonds. The van der Waals surface area contributed by atoms with Crippen LogP contribution in [0, 0.1) is 0 Å². The van der Waals surface area contributed by atoms with Crippen molar-refractivity contribution >= 4 is 18.2 Å². The van der Waals surface area contributed by atoms with Gasteiger partial charge in [-0.3, -0.25) is 9.63 Å². The van der Waals surface area contributed by atoms with Crippen molar-refractivity contribution in [2.75, 3.05) is 6.54 Å². The van der Waals surface area contributed by atoms with Gasteiger partial charge >= 0.3 is 12.2 Å². The summed E-state index contributed by atoms with van der Waals surface area (Å²) in [5, 5.41) is 0.418. The van der Waals surface area contributed by atoms with Crippen molar-refractivity contribution in [1.29, 1.82) is 0 Å². The zero-order valence-electron chi connectivity index (χ0n) is 12.7. The number of ether oxygens (including phenoxy) is 2. The van der Waals surface area contributed by atoms with Crippen molar-refractivity contribution in [2.24, 2.45) is 5.73 Å². The summed E-state index contributed by atoms with van der Waals surface area (Å²) in [7, 11) is 0. The summed E-state index contributed by atoms with van der Waals surface area (Å²) < 4.78 is 9.85. The Kier molecular flexibility index (Phi) is 5.80. The molecule has 8 heteroatoms. The van der Waals surface area contributed by atoms with Crippen LogP contribution in [0.1, 0.15) is 41.5 Å². The van der Waals surface area contributed by atoms with Crippen LogP contribution < -0.4 is 5.73 Å². The standard InChI is InChI=1S/C12H22N2O6/c1-11(2,3)18-9(16)14(7-8(13)15)20-10(17)19-12(4,5)6/h7H2,1-6H3,(H2,13,15). The fourth-order valence-corrected chi connectivity index (χ4v) is 0.947. The van der Waals surface area contributed by atoms with Crippen LogP contribution in [-0.4, -0.2) is 41.0 Å². The number of hydrogen-bond donors (Lipinski definition) is 1. The second-order valence-electron chi connectivity index (χ2n) is 6.04. The lowest BCUT2D eigenvalue weighted by Crippen LogP contribution is -2.43. The minimum atomic E-state index is -1.13. The lowest BCUT2D eigenvalue weighted by molar-refractivity contribution is -0.147. The van der Waals surface area contributed by atoms with Gasteiger partial charge < -0.3 is 15.2 Å². The van der Waals surface area contributed by atoms with Crippen molar-refractivity contribution < 1.29 is 28.7 Å². The average molecular weight is 290 g/mol. The summed E-state index contributed by atoms with van der Waals surface area (Å²) in [6.07, 6.45) is -2.15. The van der Waals surface area contributed by atoms with Crippen LogP contribution in [0.2, 0.25) is 0 Å². The molecule has 0 saturated carbocycles. The predicted molar refractivity (Wildman–Crippen MR) is 69.5 cm³/mol. The Balaban J connectivity index is 4.77. The van der Waals surface area contributed by atoms with Gasteiger partial charge in [0.1, 0.15) is 17.7 Å². The van der Waals surface area contributed by atoms with E-state index in [1.54, 1.807) is 41.5 Å². The molecule has 0 bridgehead atoms. The Morgan fingerprint density at radius 3 is 1.75 bits per heavy atom. The molecule has 0 aromatic rings. The Labute approximate surface area is 118 Å². The topological polar surface area (TPSA) is 108 Å². The Hall–Kier alpha value is -1.99. The molecule has 0 saturated heterocycles. The molecule has 0 radical (unpaired) electrons. The smallest absolute Gasteiger partial charge is 0.442 e. The first-order valence-corrected chi connectivity index (χ1v) is 6.00. The molecule has 0 aliphatic carbocycles. The molecule has 0 unspecified atom stereocenters. The van der Waals surface area contributed by atoms with E-state index in [-0.39, 0.29) is 0 Å². The molecule has 0 aromatic heterocycles. The summed E-state index contributed by atoms with van der Waals surface area (Å²) in [5.41, 5.74) is 3.36. The van der Waals surface area contributed by atoms with Crippen LogP contribution in [0.4, 0.5) is 9.59 Å². The van der Waals surface area contributed by atoms with Crippen LogP contribution in [0.5, 0.6) is 0 Å². The molecule has 2 N–H and O–H groups in total. The molecule has 0 spiro atoms. The number of hydroxylamine groups is 2. The van der Waals surface area contributed by atoms with Gasteiger partial charge in [0.05, 0.1) is 0 Å². The van der Waals surface area contributed by atoms with Gasteiger partial charge in [0, 0.05) is 0 Å². The molecule has 8 nitrogen and oxygen atoms in total. The zero-order valence-corrected chi connectivity index (χ0v) is 12.7. The minimum absolute atomic E-state index is 0.418. The third kappa shape index (κ3) is 9.01. The number of carbonyl (C=O) groups excluding carboxylic acids is 3. The largest absolute Gasteiger partial charge is 0.534 e. The maximum atomic E-state index is 11.8. The number of carbonyl (C=O) groups is 3. The van der Waals surface area contributed by atoms with Crippen molar-refractivity contribution in [3.8, 4) is 0 Å². The summed E-state index contributed by atoms with van der Waals surface area (Å²) in [5.74, 6) is -0.862. The van der Waals surface area contributed by atoms with E-state index in [2.05, 4.69) is 4.84 Å². The third-order valence-corrected chi connectivity index (χ3v) is 1.47. The minimum Gasteiger partial charge on any atom is -0.442 e. The van der Waals surface area contributed by atoms with Gasteiger partial charge in [-0.1, -0.05) is 0 Å². The second-order valence-corrected chi connectivity index (χ2v) is 6.04. The van der Waals surface area contributed by atoms with Gasteiger partial charge in [-0.05, 0) is 41.5 Å². The quantitative estimate of drug-likeness (QED) is 0.611. The lowest BCUT2D eigenvalue weighted by atomic mass is 10.2. The van der Waals surface area contributed by atoms with Crippen LogP contribution in [0.3, 0.4) is 0 Å². The van der Waals surface area contributed by atoms with E-state index in [4.69, 9.17) is 15.2 Å². The number of rotatable bonds is 2. The van der Waals surface area contributed by atoms with Crippen LogP contribution in [0.25, 0.3) is 0 Å². The number of nitrogens with two attached hydrogens (primary N) is 1. The molecule has 0 aliphatic rings. The second kappa shape index (κ2) is 6.44. The molecule has 20 heavy (non-hydrogen) atoms.